The fourth-order valence-electron chi connectivity index (χ4n) is 8.57. The van der Waals surface area contributed by atoms with Crippen LogP contribution in [0.3, 0.4) is 0 Å². The van der Waals surface area contributed by atoms with Crippen LogP contribution in [0.4, 0.5) is 15.3 Å². The molecule has 4 aliphatic rings. The summed E-state index contributed by atoms with van der Waals surface area (Å²) >= 11 is 0. The van der Waals surface area contributed by atoms with Crippen molar-refractivity contribution in [2.24, 2.45) is 0 Å². The number of unbranched alkanes of at least 4 members (excludes halogenated alkanes) is 2. The molecule has 0 aliphatic carbocycles. The molecule has 0 unspecified atom stereocenters. The summed E-state index contributed by atoms with van der Waals surface area (Å²) in [6.07, 6.45) is 5.68. The third-order valence-corrected chi connectivity index (χ3v) is 11.9. The van der Waals surface area contributed by atoms with E-state index in [4.69, 9.17) is 9.47 Å². The van der Waals surface area contributed by atoms with Crippen molar-refractivity contribution in [2.45, 2.75) is 96.7 Å². The standard InChI is InChI=1S/C42H60N6O7/c1-4-5-8-25-54-38(49)29-44-16-12-34(13-17-44)45-21-23-46(24-22-45)40(51)37(28-32-26-30(2)39(50)31(3)27-32)55-42(53)47-18-14-35(15-19-47)48-20-11-33-9-6-7-10-36(33)43-41(48)52/h6-7,9-10,26-27,34-35,37,50H,4-5,8,11-25,28-29H2,1-3H3,(H,43,52)/t37-/m1/s1. The quantitative estimate of drug-likeness (QED) is 0.228. The first-order valence-corrected chi connectivity index (χ1v) is 20.4. The van der Waals surface area contributed by atoms with E-state index in [0.717, 1.165) is 81.5 Å². The molecule has 13 nitrogen and oxygen atoms in total. The Bertz CT molecular complexity index is 1620. The molecule has 1 atom stereocenters. The number of amides is 4. The van der Waals surface area contributed by atoms with Crippen molar-refractivity contribution in [3.8, 4) is 5.75 Å². The first-order valence-electron chi connectivity index (χ1n) is 20.4. The number of nitrogens with one attached hydrogen (secondary N) is 1. The minimum absolute atomic E-state index is 0.000834. The molecule has 4 aliphatic heterocycles. The maximum absolute atomic E-state index is 14.2. The van der Waals surface area contributed by atoms with Crippen molar-refractivity contribution in [1.82, 2.24) is 24.5 Å². The number of phenols is 1. The van der Waals surface area contributed by atoms with Gasteiger partial charge in [0.15, 0.2) is 6.10 Å². The predicted octanol–water partition coefficient (Wildman–Crippen LogP) is 4.95. The smallest absolute Gasteiger partial charge is 0.410 e. The van der Waals surface area contributed by atoms with Gasteiger partial charge in [-0.05, 0) is 80.7 Å². The van der Waals surface area contributed by atoms with E-state index >= 15 is 0 Å². The summed E-state index contributed by atoms with van der Waals surface area (Å²) in [7, 11) is 0. The topological polar surface area (TPSA) is 135 Å². The molecule has 3 saturated heterocycles. The summed E-state index contributed by atoms with van der Waals surface area (Å²) in [6.45, 7) is 12.3. The number of carbonyl (C=O) groups excluding carboxylic acids is 4. The number of rotatable bonds is 12. The fraction of sp³-hybridized carbons (Fsp3) is 0.619. The molecule has 6 rings (SSSR count). The summed E-state index contributed by atoms with van der Waals surface area (Å²) in [5.74, 6) is -0.135. The van der Waals surface area contributed by atoms with Crippen LogP contribution in [-0.2, 0) is 31.9 Å². The van der Waals surface area contributed by atoms with Crippen LogP contribution in [-0.4, -0.2) is 144 Å². The molecule has 55 heavy (non-hydrogen) atoms. The SMILES string of the molecule is CCCCCOC(=O)CN1CCC(N2CCN(C(=O)[C@@H](Cc3cc(C)c(O)c(C)c3)OC(=O)N3CCC(N4CCc5ccccc5NC4=O)CC3)CC2)CC1. The Labute approximate surface area is 325 Å². The number of ether oxygens (including phenoxy) is 2. The van der Waals surface area contributed by atoms with E-state index in [-0.39, 0.29) is 36.1 Å². The van der Waals surface area contributed by atoms with Crippen LogP contribution in [0.25, 0.3) is 0 Å². The summed E-state index contributed by atoms with van der Waals surface area (Å²) in [5.41, 5.74) is 4.20. The first kappa shape index (κ1) is 40.3. The third kappa shape index (κ3) is 10.5. The maximum Gasteiger partial charge on any atom is 0.410 e. The van der Waals surface area contributed by atoms with Crippen LogP contribution in [0.15, 0.2) is 36.4 Å². The van der Waals surface area contributed by atoms with Crippen molar-refractivity contribution in [1.29, 1.82) is 0 Å². The second kappa shape index (κ2) is 19.0. The van der Waals surface area contributed by atoms with E-state index in [0.29, 0.717) is 75.9 Å². The fourth-order valence-corrected chi connectivity index (χ4v) is 8.57. The Hall–Kier alpha value is -4.36. The van der Waals surface area contributed by atoms with Gasteiger partial charge in [-0.15, -0.1) is 0 Å². The number of phenolic OH excluding ortho intramolecular Hbond substituents is 1. The summed E-state index contributed by atoms with van der Waals surface area (Å²) < 4.78 is 11.5. The molecule has 0 bridgehead atoms. The van der Waals surface area contributed by atoms with Crippen LogP contribution in [0.5, 0.6) is 5.75 Å². The molecule has 0 spiro atoms. The number of piperazine rings is 1. The molecule has 0 aromatic heterocycles. The van der Waals surface area contributed by atoms with E-state index in [1.54, 1.807) is 4.90 Å². The number of hydrogen-bond donors (Lipinski definition) is 2. The number of piperidine rings is 2. The van der Waals surface area contributed by atoms with Gasteiger partial charge in [0.05, 0.1) is 13.2 Å². The second-order valence-corrected chi connectivity index (χ2v) is 15.7. The van der Waals surface area contributed by atoms with Crippen molar-refractivity contribution in [3.05, 3.63) is 58.7 Å². The number of aryl methyl sites for hydroxylation is 2. The highest BCUT2D eigenvalue weighted by Gasteiger charge is 2.36. The van der Waals surface area contributed by atoms with Gasteiger partial charge in [-0.3, -0.25) is 19.4 Å². The molecule has 4 heterocycles. The van der Waals surface area contributed by atoms with Gasteiger partial charge in [0, 0.05) is 83.1 Å². The first-order chi connectivity index (χ1) is 26.6. The summed E-state index contributed by atoms with van der Waals surface area (Å²) in [5, 5.41) is 13.4. The van der Waals surface area contributed by atoms with Gasteiger partial charge in [-0.25, -0.2) is 9.59 Å². The van der Waals surface area contributed by atoms with Gasteiger partial charge in [-0.1, -0.05) is 50.1 Å². The van der Waals surface area contributed by atoms with Gasteiger partial charge >= 0.3 is 18.1 Å². The zero-order valence-corrected chi connectivity index (χ0v) is 33.0. The largest absolute Gasteiger partial charge is 0.507 e. The Balaban J connectivity index is 1.02. The molecule has 2 N–H and O–H groups in total. The number of urea groups is 1. The normalized spacial score (nSPS) is 19.7. The minimum Gasteiger partial charge on any atom is -0.507 e. The number of fused-ring (bicyclic) bond motifs is 1. The van der Waals surface area contributed by atoms with Gasteiger partial charge < -0.3 is 34.6 Å². The minimum atomic E-state index is -1.01. The molecular weight excluding hydrogens is 700 g/mol. The van der Waals surface area contributed by atoms with Crippen LogP contribution >= 0.6 is 0 Å². The third-order valence-electron chi connectivity index (χ3n) is 11.9. The average molecular weight is 761 g/mol. The van der Waals surface area contributed by atoms with Crippen molar-refractivity contribution >= 4 is 29.7 Å². The zero-order valence-electron chi connectivity index (χ0n) is 33.0. The van der Waals surface area contributed by atoms with Gasteiger partial charge in [-0.2, -0.15) is 0 Å². The Morgan fingerprint density at radius 3 is 2.22 bits per heavy atom. The highest BCUT2D eigenvalue weighted by molar-refractivity contribution is 5.91. The van der Waals surface area contributed by atoms with Crippen molar-refractivity contribution in [3.63, 3.8) is 0 Å². The van der Waals surface area contributed by atoms with Gasteiger partial charge in [0.1, 0.15) is 5.75 Å². The summed E-state index contributed by atoms with van der Waals surface area (Å²) in [6, 6.07) is 11.9. The van der Waals surface area contributed by atoms with Crippen molar-refractivity contribution < 1.29 is 33.8 Å². The number of carbonyl (C=O) groups is 4. The molecule has 13 heteroatoms. The Morgan fingerprint density at radius 2 is 1.53 bits per heavy atom. The monoisotopic (exact) mass is 760 g/mol. The van der Waals surface area contributed by atoms with E-state index in [9.17, 15) is 24.3 Å². The molecule has 0 saturated carbocycles. The summed E-state index contributed by atoms with van der Waals surface area (Å²) in [4.78, 5) is 63.3. The number of benzene rings is 2. The van der Waals surface area contributed by atoms with E-state index in [1.165, 1.54) is 0 Å². The number of para-hydroxylation sites is 1. The number of aromatic hydroxyl groups is 1. The number of likely N-dealkylation sites (tertiary alicyclic amines) is 2. The Morgan fingerprint density at radius 1 is 0.855 bits per heavy atom. The van der Waals surface area contributed by atoms with Gasteiger partial charge in [0.25, 0.3) is 5.91 Å². The second-order valence-electron chi connectivity index (χ2n) is 15.7. The highest BCUT2D eigenvalue weighted by atomic mass is 16.6. The highest BCUT2D eigenvalue weighted by Crippen LogP contribution is 2.27. The molecule has 0 radical (unpaired) electrons. The molecule has 300 valence electrons. The number of anilines is 1. The number of esters is 1. The lowest BCUT2D eigenvalue weighted by atomic mass is 10.00. The predicted molar refractivity (Wildman–Crippen MR) is 210 cm³/mol. The molecule has 2 aromatic rings. The average Bonchev–Trinajstić information content (AvgIpc) is 3.36. The molecule has 4 amide bonds. The zero-order chi connectivity index (χ0) is 38.9. The maximum atomic E-state index is 14.2. The van der Waals surface area contributed by atoms with E-state index < -0.39 is 12.2 Å². The molecule has 2 aromatic carbocycles. The Kier molecular flexibility index (Phi) is 13.9. The van der Waals surface area contributed by atoms with E-state index in [2.05, 4.69) is 22.0 Å². The molecule has 3 fully saturated rings. The van der Waals surface area contributed by atoms with Gasteiger partial charge in [0.2, 0.25) is 0 Å². The van der Waals surface area contributed by atoms with Crippen molar-refractivity contribution in [2.75, 3.05) is 77.4 Å². The molecular formula is C42H60N6O7. The lowest BCUT2D eigenvalue weighted by molar-refractivity contribution is -0.145. The lowest BCUT2D eigenvalue weighted by Crippen LogP contribution is -2.57. The number of hydrogen-bond acceptors (Lipinski definition) is 9. The van der Waals surface area contributed by atoms with Crippen LogP contribution < -0.4 is 5.32 Å². The van der Waals surface area contributed by atoms with Crippen LogP contribution in [0.1, 0.15) is 74.1 Å². The lowest BCUT2D eigenvalue weighted by Gasteiger charge is -2.43. The van der Waals surface area contributed by atoms with Crippen LogP contribution in [0, 0.1) is 13.8 Å². The van der Waals surface area contributed by atoms with E-state index in [1.807, 2.05) is 60.0 Å². The number of nitrogens with zero attached hydrogens (tertiary/aromatic N) is 5. The van der Waals surface area contributed by atoms with Crippen LogP contribution in [0.2, 0.25) is 0 Å².